The van der Waals surface area contributed by atoms with Gasteiger partial charge in [0.05, 0.1) is 7.05 Å². The zero-order valence-electron chi connectivity index (χ0n) is 14.3. The van der Waals surface area contributed by atoms with E-state index >= 15 is 0 Å². The number of hydrogen-bond donors (Lipinski definition) is 1. The molecule has 124 valence electrons. The van der Waals surface area contributed by atoms with E-state index in [-0.39, 0.29) is 12.4 Å². The summed E-state index contributed by atoms with van der Waals surface area (Å²) in [5.41, 5.74) is 0. The van der Waals surface area contributed by atoms with E-state index in [0.29, 0.717) is 0 Å². The van der Waals surface area contributed by atoms with Gasteiger partial charge in [-0.15, -0.1) is 0 Å². The summed E-state index contributed by atoms with van der Waals surface area (Å²) in [6, 6.07) is 0. The molecule has 0 saturated carbocycles. The molecule has 0 radical (unpaired) electrons. The van der Waals surface area contributed by atoms with Crippen molar-refractivity contribution in [2.75, 3.05) is 0 Å². The maximum atomic E-state index is 3.31. The van der Waals surface area contributed by atoms with Gasteiger partial charge in [0.15, 0.2) is 0 Å². The lowest BCUT2D eigenvalue weighted by atomic mass is 10.0. The number of unbranched alkanes of at least 4 members (excludes halogenated alkanes) is 8. The second kappa shape index (κ2) is 13.2. The van der Waals surface area contributed by atoms with Crippen molar-refractivity contribution in [1.82, 2.24) is 4.98 Å². The molecule has 1 aromatic heterocycles. The third kappa shape index (κ3) is 10.8. The van der Waals surface area contributed by atoms with Gasteiger partial charge in [0, 0.05) is 6.42 Å². The van der Waals surface area contributed by atoms with Gasteiger partial charge >= 0.3 is 0 Å². The first-order valence-corrected chi connectivity index (χ1v) is 8.72. The number of nitrogens with one attached hydrogen (secondary N) is 1. The van der Waals surface area contributed by atoms with E-state index in [1.54, 1.807) is 0 Å². The molecular weight excluding hydrogens is 280 g/mol. The van der Waals surface area contributed by atoms with E-state index in [1.165, 1.54) is 76.5 Å². The van der Waals surface area contributed by atoms with Crippen LogP contribution in [0.15, 0.2) is 12.4 Å². The Morgan fingerprint density at radius 1 is 0.905 bits per heavy atom. The molecule has 2 nitrogen and oxygen atoms in total. The lowest BCUT2D eigenvalue weighted by molar-refractivity contribution is -0.677. The highest BCUT2D eigenvalue weighted by Gasteiger charge is 2.04. The van der Waals surface area contributed by atoms with Crippen LogP contribution in [0, 0.1) is 5.92 Å². The van der Waals surface area contributed by atoms with Crippen molar-refractivity contribution in [2.24, 2.45) is 13.0 Å². The molecule has 1 heterocycles. The van der Waals surface area contributed by atoms with Crippen molar-refractivity contribution in [3.8, 4) is 0 Å². The van der Waals surface area contributed by atoms with Crippen LogP contribution < -0.4 is 17.0 Å². The van der Waals surface area contributed by atoms with Crippen molar-refractivity contribution >= 4 is 0 Å². The van der Waals surface area contributed by atoms with Crippen molar-refractivity contribution in [2.45, 2.75) is 84.5 Å². The van der Waals surface area contributed by atoms with Crippen molar-refractivity contribution < 1.29 is 17.0 Å². The van der Waals surface area contributed by atoms with Gasteiger partial charge in [0.1, 0.15) is 12.4 Å². The first-order chi connectivity index (χ1) is 9.70. The largest absolute Gasteiger partial charge is 1.00 e. The summed E-state index contributed by atoms with van der Waals surface area (Å²) in [6.45, 7) is 4.65. The van der Waals surface area contributed by atoms with E-state index in [2.05, 4.69) is 36.6 Å². The third-order valence-corrected chi connectivity index (χ3v) is 4.17. The van der Waals surface area contributed by atoms with Crippen LogP contribution in [0.5, 0.6) is 0 Å². The maximum Gasteiger partial charge on any atom is 0.253 e. The van der Waals surface area contributed by atoms with Gasteiger partial charge in [0.2, 0.25) is 0 Å². The van der Waals surface area contributed by atoms with Gasteiger partial charge in [-0.2, -0.15) is 0 Å². The maximum absolute atomic E-state index is 3.31. The molecule has 0 aliphatic rings. The molecule has 1 rings (SSSR count). The molecule has 0 atom stereocenters. The summed E-state index contributed by atoms with van der Waals surface area (Å²) in [5.74, 6) is 2.24. The molecule has 0 spiro atoms. The Labute approximate surface area is 138 Å². The zero-order chi connectivity index (χ0) is 14.6. The van der Waals surface area contributed by atoms with Crippen LogP contribution >= 0.6 is 0 Å². The Balaban J connectivity index is 0.00000400. The number of aromatic amines is 1. The van der Waals surface area contributed by atoms with E-state index in [9.17, 15) is 0 Å². The van der Waals surface area contributed by atoms with Gasteiger partial charge in [-0.25, -0.2) is 9.55 Å². The van der Waals surface area contributed by atoms with E-state index < -0.39 is 0 Å². The Hall–Kier alpha value is -0.500. The van der Waals surface area contributed by atoms with Crippen molar-refractivity contribution in [3.05, 3.63) is 18.2 Å². The number of rotatable bonds is 12. The van der Waals surface area contributed by atoms with Gasteiger partial charge in [-0.1, -0.05) is 71.6 Å². The van der Waals surface area contributed by atoms with Crippen molar-refractivity contribution in [1.29, 1.82) is 0 Å². The SMILES string of the molecule is CC(C)CCCCCCCCCCCc1[nH]cc[n+]1C.[Cl-]. The molecule has 1 aromatic rings. The fourth-order valence-electron chi connectivity index (χ4n) is 2.77. The average Bonchev–Trinajstić information content (AvgIpc) is 2.81. The summed E-state index contributed by atoms with van der Waals surface area (Å²) < 4.78 is 2.19. The molecule has 3 heteroatoms. The quantitative estimate of drug-likeness (QED) is 0.449. The summed E-state index contributed by atoms with van der Waals surface area (Å²) in [7, 11) is 2.12. The monoisotopic (exact) mass is 314 g/mol. The van der Waals surface area contributed by atoms with Crippen LogP contribution in [0.25, 0.3) is 0 Å². The number of halogens is 1. The Bertz CT molecular complexity index is 334. The first-order valence-electron chi connectivity index (χ1n) is 8.72. The average molecular weight is 315 g/mol. The molecule has 0 bridgehead atoms. The minimum absolute atomic E-state index is 0. The summed E-state index contributed by atoms with van der Waals surface area (Å²) >= 11 is 0. The van der Waals surface area contributed by atoms with Crippen LogP contribution in [-0.4, -0.2) is 4.98 Å². The molecule has 0 aromatic carbocycles. The Kier molecular flexibility index (Phi) is 12.9. The second-order valence-electron chi connectivity index (χ2n) is 6.63. The van der Waals surface area contributed by atoms with Gasteiger partial charge in [-0.05, 0) is 12.3 Å². The highest BCUT2D eigenvalue weighted by Crippen LogP contribution is 2.13. The number of imidazole rings is 1. The van der Waals surface area contributed by atoms with Crippen LogP contribution in [0.2, 0.25) is 0 Å². The van der Waals surface area contributed by atoms with E-state index in [1.807, 2.05) is 6.20 Å². The molecular formula is C18H35ClN2. The molecule has 0 aliphatic heterocycles. The lowest BCUT2D eigenvalue weighted by Crippen LogP contribution is -3.00. The number of hydrogen-bond acceptors (Lipinski definition) is 0. The summed E-state index contributed by atoms with van der Waals surface area (Å²) in [4.78, 5) is 3.31. The molecule has 0 saturated heterocycles. The molecule has 0 fully saturated rings. The predicted octanol–water partition coefficient (Wildman–Crippen LogP) is 1.94. The number of aryl methyl sites for hydroxylation is 2. The highest BCUT2D eigenvalue weighted by atomic mass is 35.5. The second-order valence-corrected chi connectivity index (χ2v) is 6.63. The van der Waals surface area contributed by atoms with Gasteiger partial charge < -0.3 is 12.4 Å². The number of aromatic nitrogens is 2. The van der Waals surface area contributed by atoms with Crippen LogP contribution in [0.1, 0.15) is 83.9 Å². The fraction of sp³-hybridized carbons (Fsp3) is 0.833. The highest BCUT2D eigenvalue weighted by molar-refractivity contribution is 4.76. The third-order valence-electron chi connectivity index (χ3n) is 4.17. The standard InChI is InChI=1S/C18H34N2.ClH/c1-17(2)13-11-9-7-5-4-6-8-10-12-14-18-19-15-16-20(18)3;/h15-17H,4-14H2,1-3H3;1H. The summed E-state index contributed by atoms with van der Waals surface area (Å²) in [6.07, 6.45) is 19.5. The molecule has 1 N–H and O–H groups in total. The van der Waals surface area contributed by atoms with Crippen molar-refractivity contribution in [3.63, 3.8) is 0 Å². The smallest absolute Gasteiger partial charge is 0.253 e. The topological polar surface area (TPSA) is 19.7 Å². The molecule has 21 heavy (non-hydrogen) atoms. The normalized spacial score (nSPS) is 10.9. The number of nitrogens with zero attached hydrogens (tertiary/aromatic N) is 1. The predicted molar refractivity (Wildman–Crippen MR) is 86.7 cm³/mol. The Morgan fingerprint density at radius 2 is 1.43 bits per heavy atom. The fourth-order valence-corrected chi connectivity index (χ4v) is 2.77. The summed E-state index contributed by atoms with van der Waals surface area (Å²) in [5, 5.41) is 0. The van der Waals surface area contributed by atoms with Crippen LogP contribution in [0.3, 0.4) is 0 Å². The zero-order valence-corrected chi connectivity index (χ0v) is 15.1. The minimum Gasteiger partial charge on any atom is -1.00 e. The molecule has 0 amide bonds. The van der Waals surface area contributed by atoms with E-state index in [0.717, 1.165) is 5.92 Å². The molecule has 0 aliphatic carbocycles. The lowest BCUT2D eigenvalue weighted by Gasteiger charge is -2.04. The number of H-pyrrole nitrogens is 1. The first kappa shape index (κ1) is 20.5. The molecule has 0 unspecified atom stereocenters. The van der Waals surface area contributed by atoms with Gasteiger partial charge in [0.25, 0.3) is 5.82 Å². The van der Waals surface area contributed by atoms with Gasteiger partial charge in [-0.3, -0.25) is 0 Å². The van der Waals surface area contributed by atoms with E-state index in [4.69, 9.17) is 0 Å². The minimum atomic E-state index is 0. The van der Waals surface area contributed by atoms with Crippen LogP contribution in [-0.2, 0) is 13.5 Å². The van der Waals surface area contributed by atoms with Crippen LogP contribution in [0.4, 0.5) is 0 Å². The Morgan fingerprint density at radius 3 is 1.90 bits per heavy atom.